The molecule has 2 unspecified atom stereocenters. The van der Waals surface area contributed by atoms with Gasteiger partial charge in [-0.15, -0.1) is 11.6 Å². The number of nitrogens with zero attached hydrogens (tertiary/aromatic N) is 1. The Kier molecular flexibility index (Phi) is 5.66. The summed E-state index contributed by atoms with van der Waals surface area (Å²) >= 11 is 5.66. The van der Waals surface area contributed by atoms with Gasteiger partial charge in [0.05, 0.1) is 11.0 Å². The third kappa shape index (κ3) is 3.97. The number of rotatable bonds is 6. The molecule has 1 aromatic carbocycles. The van der Waals surface area contributed by atoms with Crippen LogP contribution in [0, 0.1) is 5.92 Å². The minimum Gasteiger partial charge on any atom is -0.393 e. The summed E-state index contributed by atoms with van der Waals surface area (Å²) in [6.45, 7) is 2.59. The second-order valence-electron chi connectivity index (χ2n) is 5.59. The van der Waals surface area contributed by atoms with Gasteiger partial charge in [-0.25, -0.2) is 8.42 Å². The molecule has 1 aliphatic rings. The molecule has 1 heterocycles. The zero-order valence-electron chi connectivity index (χ0n) is 12.2. The SMILES string of the molecule is CC(O)C1CCN(S(=O)(=O)c2ccc(CCCCl)cc2)C1. The van der Waals surface area contributed by atoms with Gasteiger partial charge < -0.3 is 5.11 Å². The first-order valence-electron chi connectivity index (χ1n) is 7.28. The van der Waals surface area contributed by atoms with E-state index in [0.717, 1.165) is 18.4 Å². The molecule has 2 rings (SSSR count). The zero-order valence-corrected chi connectivity index (χ0v) is 13.8. The highest BCUT2D eigenvalue weighted by molar-refractivity contribution is 7.89. The molecule has 1 fully saturated rings. The van der Waals surface area contributed by atoms with Crippen molar-refractivity contribution in [3.8, 4) is 0 Å². The molecule has 1 N–H and O–H groups in total. The number of aryl methyl sites for hydroxylation is 1. The number of alkyl halides is 1. The van der Waals surface area contributed by atoms with E-state index in [2.05, 4.69) is 0 Å². The molecule has 0 amide bonds. The normalized spacial score (nSPS) is 21.6. The van der Waals surface area contributed by atoms with E-state index in [1.807, 2.05) is 12.1 Å². The summed E-state index contributed by atoms with van der Waals surface area (Å²) in [7, 11) is -3.45. The van der Waals surface area contributed by atoms with Gasteiger partial charge >= 0.3 is 0 Å². The highest BCUT2D eigenvalue weighted by Crippen LogP contribution is 2.26. The fraction of sp³-hybridized carbons (Fsp3) is 0.600. The minimum absolute atomic E-state index is 0.0303. The molecule has 6 heteroatoms. The van der Waals surface area contributed by atoms with Crippen LogP contribution >= 0.6 is 11.6 Å². The largest absolute Gasteiger partial charge is 0.393 e. The van der Waals surface area contributed by atoms with Gasteiger partial charge in [-0.05, 0) is 49.8 Å². The van der Waals surface area contributed by atoms with Crippen molar-refractivity contribution in [2.75, 3.05) is 19.0 Å². The predicted octanol–water partition coefficient (Wildman–Crippen LogP) is 2.25. The summed E-state index contributed by atoms with van der Waals surface area (Å²) in [4.78, 5) is 0.323. The lowest BCUT2D eigenvalue weighted by Gasteiger charge is -2.18. The van der Waals surface area contributed by atoms with E-state index < -0.39 is 16.1 Å². The molecule has 0 radical (unpaired) electrons. The average molecular weight is 332 g/mol. The van der Waals surface area contributed by atoms with Crippen LogP contribution in [0.3, 0.4) is 0 Å². The number of aliphatic hydroxyl groups is 1. The Morgan fingerprint density at radius 1 is 1.38 bits per heavy atom. The summed E-state index contributed by atoms with van der Waals surface area (Å²) in [5, 5.41) is 9.59. The van der Waals surface area contributed by atoms with E-state index >= 15 is 0 Å². The van der Waals surface area contributed by atoms with Crippen molar-refractivity contribution in [2.24, 2.45) is 5.92 Å². The number of sulfonamides is 1. The van der Waals surface area contributed by atoms with Crippen molar-refractivity contribution in [3.05, 3.63) is 29.8 Å². The van der Waals surface area contributed by atoms with E-state index in [1.165, 1.54) is 4.31 Å². The Labute approximate surface area is 131 Å². The summed E-state index contributed by atoms with van der Waals surface area (Å²) in [5.41, 5.74) is 1.10. The molecule has 0 spiro atoms. The Morgan fingerprint density at radius 2 is 2.05 bits per heavy atom. The first-order valence-corrected chi connectivity index (χ1v) is 9.25. The maximum atomic E-state index is 12.6. The van der Waals surface area contributed by atoms with Crippen LogP contribution in [0.1, 0.15) is 25.3 Å². The van der Waals surface area contributed by atoms with Crippen molar-refractivity contribution >= 4 is 21.6 Å². The van der Waals surface area contributed by atoms with Gasteiger partial charge in [0.2, 0.25) is 10.0 Å². The van der Waals surface area contributed by atoms with E-state index in [4.69, 9.17) is 11.6 Å². The second-order valence-corrected chi connectivity index (χ2v) is 7.90. The number of halogens is 1. The zero-order chi connectivity index (χ0) is 15.5. The molecule has 1 aromatic rings. The number of aliphatic hydroxyl groups excluding tert-OH is 1. The monoisotopic (exact) mass is 331 g/mol. The highest BCUT2D eigenvalue weighted by Gasteiger charge is 2.34. The van der Waals surface area contributed by atoms with Crippen LogP contribution in [0.5, 0.6) is 0 Å². The van der Waals surface area contributed by atoms with Gasteiger partial charge in [-0.3, -0.25) is 0 Å². The molecule has 4 nitrogen and oxygen atoms in total. The standard InChI is InChI=1S/C15H22ClNO3S/c1-12(18)14-8-10-17(11-14)21(19,20)15-6-4-13(5-7-15)3-2-9-16/h4-7,12,14,18H,2-3,8-11H2,1H3. The maximum absolute atomic E-state index is 12.6. The van der Waals surface area contributed by atoms with Gasteiger partial charge in [0.15, 0.2) is 0 Å². The van der Waals surface area contributed by atoms with E-state index in [-0.39, 0.29) is 5.92 Å². The number of benzene rings is 1. The molecule has 1 saturated heterocycles. The molecule has 2 atom stereocenters. The Morgan fingerprint density at radius 3 is 2.57 bits per heavy atom. The molecule has 21 heavy (non-hydrogen) atoms. The first kappa shape index (κ1) is 16.7. The van der Waals surface area contributed by atoms with Crippen LogP contribution < -0.4 is 0 Å². The Balaban J connectivity index is 2.09. The van der Waals surface area contributed by atoms with Crippen LogP contribution in [0.15, 0.2) is 29.2 Å². The molecular weight excluding hydrogens is 310 g/mol. The molecule has 1 aliphatic heterocycles. The van der Waals surface area contributed by atoms with E-state index in [0.29, 0.717) is 30.3 Å². The van der Waals surface area contributed by atoms with Crippen LogP contribution in [0.25, 0.3) is 0 Å². The molecule has 0 aliphatic carbocycles. The molecule has 0 bridgehead atoms. The van der Waals surface area contributed by atoms with E-state index in [9.17, 15) is 13.5 Å². The Hall–Kier alpha value is -0.620. The van der Waals surface area contributed by atoms with Gasteiger partial charge in [0, 0.05) is 19.0 Å². The molecular formula is C15H22ClNO3S. The molecule has 118 valence electrons. The second kappa shape index (κ2) is 7.09. The lowest BCUT2D eigenvalue weighted by Crippen LogP contribution is -2.30. The van der Waals surface area contributed by atoms with E-state index in [1.54, 1.807) is 19.1 Å². The van der Waals surface area contributed by atoms with Gasteiger partial charge in [0.1, 0.15) is 0 Å². The maximum Gasteiger partial charge on any atom is 0.243 e. The Bertz CT molecular complexity index is 557. The van der Waals surface area contributed by atoms with Crippen molar-refractivity contribution in [1.29, 1.82) is 0 Å². The number of hydrogen-bond donors (Lipinski definition) is 1. The minimum atomic E-state index is -3.45. The van der Waals surface area contributed by atoms with Crippen molar-refractivity contribution in [2.45, 2.75) is 37.2 Å². The lowest BCUT2D eigenvalue weighted by atomic mass is 10.0. The van der Waals surface area contributed by atoms with Gasteiger partial charge in [-0.2, -0.15) is 4.31 Å². The fourth-order valence-electron chi connectivity index (χ4n) is 2.61. The first-order chi connectivity index (χ1) is 9.95. The summed E-state index contributed by atoms with van der Waals surface area (Å²) in [6.07, 6.45) is 1.99. The van der Waals surface area contributed by atoms with Crippen molar-refractivity contribution in [3.63, 3.8) is 0 Å². The quantitative estimate of drug-likeness (QED) is 0.813. The van der Waals surface area contributed by atoms with Gasteiger partial charge in [0.25, 0.3) is 0 Å². The molecule has 0 aromatic heterocycles. The summed E-state index contributed by atoms with van der Waals surface area (Å²) in [5.74, 6) is 0.636. The predicted molar refractivity (Wildman–Crippen MR) is 84.0 cm³/mol. The summed E-state index contributed by atoms with van der Waals surface area (Å²) in [6, 6.07) is 7.02. The third-order valence-corrected chi connectivity index (χ3v) is 6.18. The van der Waals surface area contributed by atoms with Crippen LogP contribution in [0.4, 0.5) is 0 Å². The van der Waals surface area contributed by atoms with Crippen LogP contribution in [0.2, 0.25) is 0 Å². The average Bonchev–Trinajstić information content (AvgIpc) is 2.96. The smallest absolute Gasteiger partial charge is 0.243 e. The lowest BCUT2D eigenvalue weighted by molar-refractivity contribution is 0.133. The summed E-state index contributed by atoms with van der Waals surface area (Å²) < 4.78 is 26.6. The van der Waals surface area contributed by atoms with Crippen molar-refractivity contribution in [1.82, 2.24) is 4.31 Å². The topological polar surface area (TPSA) is 57.6 Å². The van der Waals surface area contributed by atoms with Crippen LogP contribution in [-0.2, 0) is 16.4 Å². The number of hydrogen-bond acceptors (Lipinski definition) is 3. The highest BCUT2D eigenvalue weighted by atomic mass is 35.5. The molecule has 0 saturated carbocycles. The fourth-order valence-corrected chi connectivity index (χ4v) is 4.26. The van der Waals surface area contributed by atoms with Crippen molar-refractivity contribution < 1.29 is 13.5 Å². The third-order valence-electron chi connectivity index (χ3n) is 4.03. The van der Waals surface area contributed by atoms with Gasteiger partial charge in [-0.1, -0.05) is 12.1 Å². The van der Waals surface area contributed by atoms with Crippen LogP contribution in [-0.4, -0.2) is 42.9 Å².